The predicted molar refractivity (Wildman–Crippen MR) is 151 cm³/mol. The molecule has 4 aromatic rings. The van der Waals surface area contributed by atoms with Crippen molar-refractivity contribution in [3.8, 4) is 6.07 Å². The number of amides is 1. The van der Waals surface area contributed by atoms with Gasteiger partial charge in [-0.25, -0.2) is 9.97 Å². The van der Waals surface area contributed by atoms with Crippen molar-refractivity contribution in [3.63, 3.8) is 0 Å². The summed E-state index contributed by atoms with van der Waals surface area (Å²) in [7, 11) is 0. The van der Waals surface area contributed by atoms with Crippen molar-refractivity contribution in [2.75, 3.05) is 25.0 Å². The van der Waals surface area contributed by atoms with Gasteiger partial charge in [0.1, 0.15) is 5.82 Å². The number of nitriles is 1. The van der Waals surface area contributed by atoms with Gasteiger partial charge in [-0.2, -0.15) is 5.26 Å². The Morgan fingerprint density at radius 1 is 1.08 bits per heavy atom. The summed E-state index contributed by atoms with van der Waals surface area (Å²) in [6.45, 7) is 3.79. The smallest absolute Gasteiger partial charge is 0.240 e. The van der Waals surface area contributed by atoms with Crippen molar-refractivity contribution < 1.29 is 4.79 Å². The number of benzene rings is 2. The van der Waals surface area contributed by atoms with Crippen LogP contribution in [0.3, 0.4) is 0 Å². The number of hydrogen-bond donors (Lipinski definition) is 1. The Morgan fingerprint density at radius 2 is 1.95 bits per heavy atom. The second-order valence-electron chi connectivity index (χ2n) is 9.63. The van der Waals surface area contributed by atoms with E-state index in [0.29, 0.717) is 49.9 Å². The van der Waals surface area contributed by atoms with Crippen molar-refractivity contribution >= 4 is 23.3 Å². The molecule has 1 fully saturated rings. The van der Waals surface area contributed by atoms with Crippen LogP contribution in [0.15, 0.2) is 85.5 Å². The van der Waals surface area contributed by atoms with Gasteiger partial charge >= 0.3 is 0 Å². The van der Waals surface area contributed by atoms with Gasteiger partial charge in [-0.1, -0.05) is 41.9 Å². The lowest BCUT2D eigenvalue weighted by Gasteiger charge is -2.28. The summed E-state index contributed by atoms with van der Waals surface area (Å²) in [5.41, 5.74) is 3.78. The quantitative estimate of drug-likeness (QED) is 0.300. The van der Waals surface area contributed by atoms with Crippen LogP contribution in [-0.4, -0.2) is 55.9 Å². The molecule has 1 N–H and O–H groups in total. The summed E-state index contributed by atoms with van der Waals surface area (Å²) < 4.78 is 2.10. The number of carbonyl (C=O) groups excluding carboxylic acids is 1. The van der Waals surface area contributed by atoms with Crippen LogP contribution in [-0.2, 0) is 24.4 Å². The van der Waals surface area contributed by atoms with E-state index in [4.69, 9.17) is 16.9 Å². The molecular weight excluding hydrogens is 510 g/mol. The van der Waals surface area contributed by atoms with E-state index in [-0.39, 0.29) is 11.9 Å². The van der Waals surface area contributed by atoms with Crippen molar-refractivity contribution in [1.82, 2.24) is 24.3 Å². The Bertz CT molecular complexity index is 1430. The van der Waals surface area contributed by atoms with Gasteiger partial charge in [-0.05, 0) is 53.9 Å². The standard InChI is InChI=1S/C30H30ClN7O/c31-26-5-3-4-25(16-26)20-37-14-11-28(30(37)39)36(15-13-35-29-6-1-2-12-34-29)21-27-18-33-22-38(27)19-24-9-7-23(17-32)8-10-24/h1-10,12,16,18,22,28H,11,13-15,19-21H2,(H,34,35)/t28-/m1/s1. The summed E-state index contributed by atoms with van der Waals surface area (Å²) in [5, 5.41) is 13.1. The predicted octanol–water partition coefficient (Wildman–Crippen LogP) is 4.57. The Balaban J connectivity index is 1.30. The maximum Gasteiger partial charge on any atom is 0.240 e. The lowest BCUT2D eigenvalue weighted by Crippen LogP contribution is -2.43. The molecule has 0 spiro atoms. The molecule has 9 heteroatoms. The van der Waals surface area contributed by atoms with E-state index >= 15 is 0 Å². The first-order valence-corrected chi connectivity index (χ1v) is 13.4. The average Bonchev–Trinajstić information content (AvgIpc) is 3.54. The van der Waals surface area contributed by atoms with Crippen molar-refractivity contribution in [2.45, 2.75) is 32.1 Å². The molecule has 39 heavy (non-hydrogen) atoms. The van der Waals surface area contributed by atoms with Gasteiger partial charge in [0, 0.05) is 56.7 Å². The largest absolute Gasteiger partial charge is 0.369 e. The molecule has 2 aromatic carbocycles. The number of rotatable bonds is 11. The Kier molecular flexibility index (Phi) is 8.51. The summed E-state index contributed by atoms with van der Waals surface area (Å²) >= 11 is 6.17. The monoisotopic (exact) mass is 539 g/mol. The van der Waals surface area contributed by atoms with Gasteiger partial charge in [-0.3, -0.25) is 9.69 Å². The molecule has 1 aliphatic rings. The molecule has 3 heterocycles. The molecule has 0 unspecified atom stereocenters. The highest BCUT2D eigenvalue weighted by molar-refractivity contribution is 6.30. The second kappa shape index (κ2) is 12.6. The maximum absolute atomic E-state index is 13.6. The van der Waals surface area contributed by atoms with Gasteiger partial charge in [0.25, 0.3) is 0 Å². The molecule has 2 aromatic heterocycles. The molecule has 1 atom stereocenters. The molecule has 0 aliphatic carbocycles. The van der Waals surface area contributed by atoms with Crippen LogP contribution in [0.5, 0.6) is 0 Å². The van der Waals surface area contributed by atoms with Gasteiger partial charge in [0.2, 0.25) is 5.91 Å². The SMILES string of the molecule is N#Cc1ccc(Cn2cncc2CN(CCNc2ccccn2)[C@@H]2CCN(Cc3cccc(Cl)c3)C2=O)cc1. The molecule has 8 nitrogen and oxygen atoms in total. The van der Waals surface area contributed by atoms with Crippen molar-refractivity contribution in [1.29, 1.82) is 5.26 Å². The second-order valence-corrected chi connectivity index (χ2v) is 10.1. The molecule has 1 saturated heterocycles. The van der Waals surface area contributed by atoms with Gasteiger partial charge in [-0.15, -0.1) is 0 Å². The van der Waals surface area contributed by atoms with Crippen molar-refractivity contribution in [3.05, 3.63) is 113 Å². The number of nitrogens with one attached hydrogen (secondary N) is 1. The summed E-state index contributed by atoms with van der Waals surface area (Å²) in [5.74, 6) is 0.939. The summed E-state index contributed by atoms with van der Waals surface area (Å²) in [6.07, 6.45) is 6.20. The molecule has 0 radical (unpaired) electrons. The van der Waals surface area contributed by atoms with Gasteiger partial charge in [0.05, 0.1) is 29.7 Å². The maximum atomic E-state index is 13.6. The zero-order valence-electron chi connectivity index (χ0n) is 21.6. The average molecular weight is 540 g/mol. The first-order valence-electron chi connectivity index (χ1n) is 13.0. The molecule has 1 aliphatic heterocycles. The van der Waals surface area contributed by atoms with Crippen LogP contribution in [0.2, 0.25) is 5.02 Å². The Hall–Kier alpha value is -4.19. The highest BCUT2D eigenvalue weighted by Gasteiger charge is 2.36. The van der Waals surface area contributed by atoms with E-state index in [1.807, 2.05) is 84.2 Å². The minimum absolute atomic E-state index is 0.131. The number of aromatic nitrogens is 3. The first kappa shape index (κ1) is 26.4. The van der Waals surface area contributed by atoms with E-state index in [2.05, 4.69) is 30.8 Å². The van der Waals surface area contributed by atoms with Gasteiger partial charge in [0.15, 0.2) is 0 Å². The lowest BCUT2D eigenvalue weighted by molar-refractivity contribution is -0.132. The Labute approximate surface area is 233 Å². The van der Waals surface area contributed by atoms with E-state index in [9.17, 15) is 4.79 Å². The molecule has 1 amide bonds. The summed E-state index contributed by atoms with van der Waals surface area (Å²) in [4.78, 5) is 26.5. The number of nitrogens with zero attached hydrogens (tertiary/aromatic N) is 6. The fourth-order valence-electron chi connectivity index (χ4n) is 4.93. The van der Waals surface area contributed by atoms with Crippen molar-refractivity contribution in [2.24, 2.45) is 0 Å². The topological polar surface area (TPSA) is 90.1 Å². The third kappa shape index (κ3) is 6.82. The Morgan fingerprint density at radius 3 is 2.72 bits per heavy atom. The number of halogens is 1. The van der Waals surface area contributed by atoms with E-state index in [1.165, 1.54) is 0 Å². The van der Waals surface area contributed by atoms with Crippen LogP contribution < -0.4 is 5.32 Å². The van der Waals surface area contributed by atoms with Crippen LogP contribution in [0, 0.1) is 11.3 Å². The van der Waals surface area contributed by atoms with Gasteiger partial charge < -0.3 is 14.8 Å². The van der Waals surface area contributed by atoms with E-state index < -0.39 is 0 Å². The first-order chi connectivity index (χ1) is 19.1. The lowest BCUT2D eigenvalue weighted by atomic mass is 10.1. The zero-order valence-corrected chi connectivity index (χ0v) is 22.3. The molecular formula is C30H30ClN7O. The van der Waals surface area contributed by atoms with Crippen LogP contribution >= 0.6 is 11.6 Å². The fraction of sp³-hybridized carbons (Fsp3) is 0.267. The highest BCUT2D eigenvalue weighted by atomic mass is 35.5. The minimum atomic E-state index is -0.229. The van der Waals surface area contributed by atoms with Crippen LogP contribution in [0.25, 0.3) is 0 Å². The normalized spacial score (nSPS) is 15.1. The van der Waals surface area contributed by atoms with E-state index in [0.717, 1.165) is 29.1 Å². The van der Waals surface area contributed by atoms with Crippen LogP contribution in [0.4, 0.5) is 5.82 Å². The third-order valence-electron chi connectivity index (χ3n) is 6.94. The zero-order chi connectivity index (χ0) is 27.0. The van der Waals surface area contributed by atoms with Crippen LogP contribution in [0.1, 0.15) is 28.8 Å². The molecule has 198 valence electrons. The van der Waals surface area contributed by atoms with E-state index in [1.54, 1.807) is 6.20 Å². The number of carbonyl (C=O) groups is 1. The highest BCUT2D eigenvalue weighted by Crippen LogP contribution is 2.23. The number of hydrogen-bond acceptors (Lipinski definition) is 6. The number of likely N-dealkylation sites (tertiary alicyclic amines) is 1. The summed E-state index contributed by atoms with van der Waals surface area (Å²) in [6, 6.07) is 23.0. The molecule has 0 saturated carbocycles. The minimum Gasteiger partial charge on any atom is -0.369 e. The number of anilines is 1. The fourth-order valence-corrected chi connectivity index (χ4v) is 5.14. The number of imidazole rings is 1. The molecule has 0 bridgehead atoms. The number of pyridine rings is 1. The third-order valence-corrected chi connectivity index (χ3v) is 7.18. The molecule has 5 rings (SSSR count).